The van der Waals surface area contributed by atoms with Crippen LogP contribution in [-0.2, 0) is 13.1 Å². The third-order valence-corrected chi connectivity index (χ3v) is 2.90. The molecular formula is C11H10N2OS. The van der Waals surface area contributed by atoms with E-state index in [4.69, 9.17) is 9.68 Å². The molecule has 0 aliphatic carbocycles. The highest BCUT2D eigenvalue weighted by Crippen LogP contribution is 2.13. The SMILES string of the molecule is N#Cc1csc(CNCc2ccco2)c1. The summed E-state index contributed by atoms with van der Waals surface area (Å²) in [6.45, 7) is 1.49. The molecule has 2 aromatic rings. The maximum Gasteiger partial charge on any atom is 0.117 e. The Bertz CT molecular complexity index is 453. The highest BCUT2D eigenvalue weighted by molar-refractivity contribution is 7.10. The van der Waals surface area contributed by atoms with E-state index < -0.39 is 0 Å². The van der Waals surface area contributed by atoms with E-state index in [1.54, 1.807) is 17.6 Å². The van der Waals surface area contributed by atoms with Gasteiger partial charge >= 0.3 is 0 Å². The standard InChI is InChI=1S/C11H10N2OS/c12-5-9-4-11(15-8-9)7-13-6-10-2-1-3-14-10/h1-4,8,13H,6-7H2. The fraction of sp³-hybridized carbons (Fsp3) is 0.182. The lowest BCUT2D eigenvalue weighted by Crippen LogP contribution is -2.10. The van der Waals surface area contributed by atoms with Crippen molar-refractivity contribution < 1.29 is 4.42 Å². The average Bonchev–Trinajstić information content (AvgIpc) is 2.88. The third-order valence-electron chi connectivity index (χ3n) is 1.96. The summed E-state index contributed by atoms with van der Waals surface area (Å²) in [6, 6.07) is 7.82. The zero-order valence-electron chi connectivity index (χ0n) is 8.06. The predicted octanol–water partition coefficient (Wildman–Crippen LogP) is 2.50. The number of nitriles is 1. The molecular weight excluding hydrogens is 208 g/mol. The van der Waals surface area contributed by atoms with Gasteiger partial charge in [-0.25, -0.2) is 0 Å². The summed E-state index contributed by atoms with van der Waals surface area (Å²) >= 11 is 1.60. The van der Waals surface area contributed by atoms with Crippen molar-refractivity contribution in [2.24, 2.45) is 0 Å². The van der Waals surface area contributed by atoms with E-state index in [1.807, 2.05) is 23.6 Å². The molecule has 0 aliphatic rings. The Kier molecular flexibility index (Phi) is 3.18. The van der Waals surface area contributed by atoms with Gasteiger partial charge < -0.3 is 9.73 Å². The molecule has 0 aromatic carbocycles. The van der Waals surface area contributed by atoms with E-state index >= 15 is 0 Å². The molecule has 3 nitrogen and oxygen atoms in total. The van der Waals surface area contributed by atoms with Crippen LogP contribution in [0.25, 0.3) is 0 Å². The minimum absolute atomic E-state index is 0.715. The van der Waals surface area contributed by atoms with E-state index in [9.17, 15) is 0 Å². The van der Waals surface area contributed by atoms with E-state index in [0.29, 0.717) is 6.54 Å². The van der Waals surface area contributed by atoms with Crippen molar-refractivity contribution in [2.75, 3.05) is 0 Å². The van der Waals surface area contributed by atoms with Gasteiger partial charge in [0.15, 0.2) is 0 Å². The fourth-order valence-corrected chi connectivity index (χ4v) is 2.03. The number of rotatable bonds is 4. The Hall–Kier alpha value is -1.57. The van der Waals surface area contributed by atoms with E-state index in [0.717, 1.165) is 22.7 Å². The second kappa shape index (κ2) is 4.78. The Morgan fingerprint density at radius 3 is 3.07 bits per heavy atom. The molecule has 0 radical (unpaired) electrons. The van der Waals surface area contributed by atoms with Gasteiger partial charge in [0, 0.05) is 16.8 Å². The monoisotopic (exact) mass is 218 g/mol. The van der Waals surface area contributed by atoms with Gasteiger partial charge in [0.1, 0.15) is 11.8 Å². The molecule has 2 aromatic heterocycles. The highest BCUT2D eigenvalue weighted by Gasteiger charge is 1.99. The molecule has 0 unspecified atom stereocenters. The van der Waals surface area contributed by atoms with Crippen LogP contribution in [0, 0.1) is 11.3 Å². The molecule has 0 aliphatic heterocycles. The first-order valence-corrected chi connectivity index (χ1v) is 5.47. The van der Waals surface area contributed by atoms with Crippen LogP contribution in [0.1, 0.15) is 16.2 Å². The third kappa shape index (κ3) is 2.69. The molecule has 4 heteroatoms. The van der Waals surface area contributed by atoms with Gasteiger partial charge in [-0.05, 0) is 18.2 Å². The smallest absolute Gasteiger partial charge is 0.117 e. The summed E-state index contributed by atoms with van der Waals surface area (Å²) in [4.78, 5) is 1.16. The van der Waals surface area contributed by atoms with Gasteiger partial charge in [0.2, 0.25) is 0 Å². The second-order valence-electron chi connectivity index (χ2n) is 3.10. The summed E-state index contributed by atoms with van der Waals surface area (Å²) < 4.78 is 5.19. The number of hydrogen-bond acceptors (Lipinski definition) is 4. The summed E-state index contributed by atoms with van der Waals surface area (Å²) in [5.41, 5.74) is 0.731. The first-order valence-electron chi connectivity index (χ1n) is 4.59. The molecule has 0 saturated heterocycles. The van der Waals surface area contributed by atoms with Crippen LogP contribution in [0.3, 0.4) is 0 Å². The van der Waals surface area contributed by atoms with Gasteiger partial charge in [-0.2, -0.15) is 5.26 Å². The second-order valence-corrected chi connectivity index (χ2v) is 4.09. The lowest BCUT2D eigenvalue weighted by atomic mass is 10.3. The molecule has 0 fully saturated rings. The summed E-state index contributed by atoms with van der Waals surface area (Å²) in [7, 11) is 0. The summed E-state index contributed by atoms with van der Waals surface area (Å²) in [5.74, 6) is 0.923. The number of nitrogens with one attached hydrogen (secondary N) is 1. The Morgan fingerprint density at radius 2 is 2.40 bits per heavy atom. The Labute approximate surface area is 92.0 Å². The molecule has 2 rings (SSSR count). The van der Waals surface area contributed by atoms with Gasteiger partial charge in [0.05, 0.1) is 18.4 Å². The van der Waals surface area contributed by atoms with Crippen molar-refractivity contribution in [1.82, 2.24) is 5.32 Å². The quantitative estimate of drug-likeness (QED) is 0.857. The number of nitrogens with zero attached hydrogens (tertiary/aromatic N) is 1. The maximum atomic E-state index is 8.65. The van der Waals surface area contributed by atoms with Crippen molar-refractivity contribution in [1.29, 1.82) is 5.26 Å². The number of thiophene rings is 1. The molecule has 0 bridgehead atoms. The Balaban J connectivity index is 1.81. The largest absolute Gasteiger partial charge is 0.468 e. The molecule has 0 spiro atoms. The zero-order chi connectivity index (χ0) is 10.5. The molecule has 1 N–H and O–H groups in total. The van der Waals surface area contributed by atoms with Gasteiger partial charge in [-0.1, -0.05) is 0 Å². The molecule has 2 heterocycles. The average molecular weight is 218 g/mol. The minimum Gasteiger partial charge on any atom is -0.468 e. The van der Waals surface area contributed by atoms with Gasteiger partial charge in [-0.3, -0.25) is 0 Å². The lowest BCUT2D eigenvalue weighted by molar-refractivity contribution is 0.483. The first-order chi connectivity index (χ1) is 7.38. The van der Waals surface area contributed by atoms with Crippen LogP contribution in [0.4, 0.5) is 0 Å². The number of hydrogen-bond donors (Lipinski definition) is 1. The van der Waals surface area contributed by atoms with Gasteiger partial charge in [0.25, 0.3) is 0 Å². The predicted molar refractivity (Wildman–Crippen MR) is 58.3 cm³/mol. The molecule has 0 atom stereocenters. The fourth-order valence-electron chi connectivity index (χ4n) is 1.25. The maximum absolute atomic E-state index is 8.65. The molecule has 15 heavy (non-hydrogen) atoms. The van der Waals surface area contributed by atoms with Crippen molar-refractivity contribution in [3.05, 3.63) is 46.0 Å². The highest BCUT2D eigenvalue weighted by atomic mass is 32.1. The zero-order valence-corrected chi connectivity index (χ0v) is 8.88. The van der Waals surface area contributed by atoms with Crippen molar-refractivity contribution in [3.8, 4) is 6.07 Å². The molecule has 0 saturated carbocycles. The van der Waals surface area contributed by atoms with Crippen LogP contribution in [0.2, 0.25) is 0 Å². The van der Waals surface area contributed by atoms with Crippen molar-refractivity contribution in [2.45, 2.75) is 13.1 Å². The van der Waals surface area contributed by atoms with Crippen LogP contribution >= 0.6 is 11.3 Å². The lowest BCUT2D eigenvalue weighted by Gasteiger charge is -1.99. The van der Waals surface area contributed by atoms with Crippen LogP contribution in [0.5, 0.6) is 0 Å². The summed E-state index contributed by atoms with van der Waals surface area (Å²) in [5, 5.41) is 13.8. The first kappa shape index (κ1) is 9.97. The van der Waals surface area contributed by atoms with Crippen molar-refractivity contribution >= 4 is 11.3 Å². The minimum atomic E-state index is 0.715. The topological polar surface area (TPSA) is 49.0 Å². The van der Waals surface area contributed by atoms with Crippen LogP contribution in [-0.4, -0.2) is 0 Å². The number of furan rings is 1. The molecule has 0 amide bonds. The van der Waals surface area contributed by atoms with Gasteiger partial charge in [-0.15, -0.1) is 11.3 Å². The van der Waals surface area contributed by atoms with E-state index in [-0.39, 0.29) is 0 Å². The van der Waals surface area contributed by atoms with Crippen molar-refractivity contribution in [3.63, 3.8) is 0 Å². The normalized spacial score (nSPS) is 10.1. The van der Waals surface area contributed by atoms with Crippen LogP contribution in [0.15, 0.2) is 34.3 Å². The molecule has 76 valence electrons. The Morgan fingerprint density at radius 1 is 1.47 bits per heavy atom. The summed E-state index contributed by atoms with van der Waals surface area (Å²) in [6.07, 6.45) is 1.66. The van der Waals surface area contributed by atoms with Crippen LogP contribution < -0.4 is 5.32 Å². The van der Waals surface area contributed by atoms with E-state index in [1.165, 1.54) is 0 Å². The van der Waals surface area contributed by atoms with E-state index in [2.05, 4.69) is 11.4 Å².